The zero-order valence-corrected chi connectivity index (χ0v) is 12.3. The van der Waals surface area contributed by atoms with Crippen LogP contribution in [0.1, 0.15) is 31.7 Å². The molecule has 4 nitrogen and oxygen atoms in total. The van der Waals surface area contributed by atoms with Crippen molar-refractivity contribution in [3.63, 3.8) is 0 Å². The first-order valence-corrected chi connectivity index (χ1v) is 7.02. The highest BCUT2D eigenvalue weighted by molar-refractivity contribution is 5.49. The number of rotatable bonds is 8. The maximum Gasteiger partial charge on any atom is 0.416 e. The van der Waals surface area contributed by atoms with E-state index in [0.29, 0.717) is 13.0 Å². The van der Waals surface area contributed by atoms with Crippen molar-refractivity contribution in [3.8, 4) is 0 Å². The first-order valence-electron chi connectivity index (χ1n) is 7.02. The van der Waals surface area contributed by atoms with Gasteiger partial charge >= 0.3 is 6.18 Å². The third-order valence-corrected chi connectivity index (χ3v) is 3.21. The highest BCUT2D eigenvalue weighted by atomic mass is 19.4. The lowest BCUT2D eigenvalue weighted by Crippen LogP contribution is -2.17. The molecule has 1 atom stereocenters. The summed E-state index contributed by atoms with van der Waals surface area (Å²) in [5.41, 5.74) is -0.737. The molecule has 0 fully saturated rings. The van der Waals surface area contributed by atoms with Crippen molar-refractivity contribution < 1.29 is 18.3 Å². The zero-order valence-electron chi connectivity index (χ0n) is 12.3. The predicted molar refractivity (Wildman–Crippen MR) is 77.4 cm³/mol. The van der Waals surface area contributed by atoms with Gasteiger partial charge in [-0.1, -0.05) is 13.3 Å². The zero-order chi connectivity index (χ0) is 15.9. The summed E-state index contributed by atoms with van der Waals surface area (Å²) in [4.78, 5) is 4.07. The van der Waals surface area contributed by atoms with Crippen LogP contribution < -0.4 is 10.6 Å². The van der Waals surface area contributed by atoms with Crippen molar-refractivity contribution in [2.45, 2.75) is 32.4 Å². The van der Waals surface area contributed by atoms with E-state index in [-0.39, 0.29) is 24.2 Å². The molecule has 21 heavy (non-hydrogen) atoms. The number of hydrogen-bond donors (Lipinski definition) is 3. The lowest BCUT2D eigenvalue weighted by atomic mass is 10.0. The Hall–Kier alpha value is -1.50. The molecule has 0 radical (unpaired) electrons. The van der Waals surface area contributed by atoms with Crippen LogP contribution in [0, 0.1) is 5.92 Å². The van der Waals surface area contributed by atoms with E-state index in [1.165, 1.54) is 7.05 Å². The quantitative estimate of drug-likeness (QED) is 0.689. The number of pyridine rings is 1. The molecule has 1 rings (SSSR count). The smallest absolute Gasteiger partial charge is 0.396 e. The van der Waals surface area contributed by atoms with E-state index in [1.54, 1.807) is 0 Å². The van der Waals surface area contributed by atoms with Gasteiger partial charge in [-0.15, -0.1) is 0 Å². The number of nitrogens with zero attached hydrogens (tertiary/aromatic N) is 1. The maximum absolute atomic E-state index is 12.8. The van der Waals surface area contributed by atoms with Gasteiger partial charge in [-0.05, 0) is 30.9 Å². The summed E-state index contributed by atoms with van der Waals surface area (Å²) in [6.45, 7) is 2.60. The molecule has 1 aromatic rings. The fourth-order valence-corrected chi connectivity index (χ4v) is 2.10. The van der Waals surface area contributed by atoms with Gasteiger partial charge in [0.2, 0.25) is 0 Å². The maximum atomic E-state index is 12.8. The Bertz CT molecular complexity index is 432. The molecule has 1 aromatic heterocycles. The highest BCUT2D eigenvalue weighted by Gasteiger charge is 2.31. The average molecular weight is 305 g/mol. The predicted octanol–water partition coefficient (Wildman–Crippen LogP) is 3.35. The number of halogens is 3. The van der Waals surface area contributed by atoms with Gasteiger partial charge in [-0.3, -0.25) is 0 Å². The summed E-state index contributed by atoms with van der Waals surface area (Å²) in [5.74, 6) is 0.573. The minimum Gasteiger partial charge on any atom is -0.396 e. The molecule has 0 aliphatic heterocycles. The van der Waals surface area contributed by atoms with Crippen LogP contribution in [-0.4, -0.2) is 30.3 Å². The fraction of sp³-hybridized carbons (Fsp3) is 0.643. The van der Waals surface area contributed by atoms with Gasteiger partial charge in [-0.2, -0.15) is 13.2 Å². The minimum atomic E-state index is -4.40. The SMILES string of the molecule is CCCC(CCO)CNc1cc(C(F)(F)F)cc(NC)n1. The van der Waals surface area contributed by atoms with Gasteiger partial charge in [0.25, 0.3) is 0 Å². The van der Waals surface area contributed by atoms with Crippen LogP contribution >= 0.6 is 0 Å². The molecule has 3 N–H and O–H groups in total. The Balaban J connectivity index is 2.82. The number of alkyl halides is 3. The first kappa shape index (κ1) is 17.6. The van der Waals surface area contributed by atoms with Crippen LogP contribution in [0.15, 0.2) is 12.1 Å². The molecule has 7 heteroatoms. The second-order valence-corrected chi connectivity index (χ2v) is 4.92. The Morgan fingerprint density at radius 3 is 2.43 bits per heavy atom. The molecule has 0 spiro atoms. The summed E-state index contributed by atoms with van der Waals surface area (Å²) >= 11 is 0. The van der Waals surface area contributed by atoms with Crippen LogP contribution in [0.25, 0.3) is 0 Å². The highest BCUT2D eigenvalue weighted by Crippen LogP contribution is 2.32. The topological polar surface area (TPSA) is 57.2 Å². The van der Waals surface area contributed by atoms with Gasteiger partial charge in [0.05, 0.1) is 5.56 Å². The van der Waals surface area contributed by atoms with Crippen LogP contribution in [-0.2, 0) is 6.18 Å². The van der Waals surface area contributed by atoms with Gasteiger partial charge in [0.1, 0.15) is 11.6 Å². The summed E-state index contributed by atoms with van der Waals surface area (Å²) in [7, 11) is 1.53. The van der Waals surface area contributed by atoms with E-state index < -0.39 is 11.7 Å². The second kappa shape index (κ2) is 8.07. The molecule has 0 saturated carbocycles. The van der Waals surface area contributed by atoms with E-state index >= 15 is 0 Å². The third-order valence-electron chi connectivity index (χ3n) is 3.21. The van der Waals surface area contributed by atoms with Gasteiger partial charge in [0.15, 0.2) is 0 Å². The Morgan fingerprint density at radius 1 is 1.24 bits per heavy atom. The molecule has 1 heterocycles. The van der Waals surface area contributed by atoms with Crippen molar-refractivity contribution in [3.05, 3.63) is 17.7 Å². The number of aliphatic hydroxyl groups excluding tert-OH is 1. The van der Waals surface area contributed by atoms with Gasteiger partial charge in [-0.25, -0.2) is 4.98 Å². The van der Waals surface area contributed by atoms with E-state index in [9.17, 15) is 13.2 Å². The molecular formula is C14H22F3N3O. The molecule has 120 valence electrons. The molecule has 0 aliphatic carbocycles. The van der Waals surface area contributed by atoms with Crippen LogP contribution in [0.3, 0.4) is 0 Å². The number of aliphatic hydroxyl groups is 1. The third kappa shape index (κ3) is 5.79. The van der Waals surface area contributed by atoms with Crippen LogP contribution in [0.2, 0.25) is 0 Å². The summed E-state index contributed by atoms with van der Waals surface area (Å²) in [6.07, 6.45) is -1.91. The average Bonchev–Trinajstić information content (AvgIpc) is 2.44. The number of aromatic nitrogens is 1. The largest absolute Gasteiger partial charge is 0.416 e. The Labute approximate surface area is 122 Å². The summed E-state index contributed by atoms with van der Waals surface area (Å²) in [5, 5.41) is 14.6. The van der Waals surface area contributed by atoms with Crippen molar-refractivity contribution in [2.24, 2.45) is 5.92 Å². The lowest BCUT2D eigenvalue weighted by molar-refractivity contribution is -0.137. The van der Waals surface area contributed by atoms with Crippen molar-refractivity contribution in [1.82, 2.24) is 4.98 Å². The van der Waals surface area contributed by atoms with Crippen LogP contribution in [0.4, 0.5) is 24.8 Å². The van der Waals surface area contributed by atoms with Gasteiger partial charge in [0, 0.05) is 20.2 Å². The minimum absolute atomic E-state index is 0.0735. The Morgan fingerprint density at radius 2 is 1.90 bits per heavy atom. The van der Waals surface area contributed by atoms with E-state index in [1.807, 2.05) is 6.92 Å². The monoisotopic (exact) mass is 305 g/mol. The van der Waals surface area contributed by atoms with E-state index in [4.69, 9.17) is 5.11 Å². The van der Waals surface area contributed by atoms with Crippen molar-refractivity contribution in [1.29, 1.82) is 0 Å². The number of nitrogens with one attached hydrogen (secondary N) is 2. The fourth-order valence-electron chi connectivity index (χ4n) is 2.10. The molecule has 0 aliphatic rings. The summed E-state index contributed by atoms with van der Waals surface area (Å²) < 4.78 is 38.4. The molecule has 0 amide bonds. The summed E-state index contributed by atoms with van der Waals surface area (Å²) in [6, 6.07) is 1.98. The lowest BCUT2D eigenvalue weighted by Gasteiger charge is -2.17. The molecule has 1 unspecified atom stereocenters. The van der Waals surface area contributed by atoms with Crippen molar-refractivity contribution in [2.75, 3.05) is 30.8 Å². The normalized spacial score (nSPS) is 13.0. The first-order chi connectivity index (χ1) is 9.90. The van der Waals surface area contributed by atoms with Crippen molar-refractivity contribution >= 4 is 11.6 Å². The molecule has 0 saturated heterocycles. The molecular weight excluding hydrogens is 283 g/mol. The van der Waals surface area contributed by atoms with Gasteiger partial charge < -0.3 is 15.7 Å². The van der Waals surface area contributed by atoms with Crippen LogP contribution in [0.5, 0.6) is 0 Å². The molecule has 0 aromatic carbocycles. The molecule has 0 bridgehead atoms. The van der Waals surface area contributed by atoms with E-state index in [0.717, 1.165) is 25.0 Å². The van der Waals surface area contributed by atoms with E-state index in [2.05, 4.69) is 15.6 Å². The number of hydrogen-bond acceptors (Lipinski definition) is 4. The Kier molecular flexibility index (Phi) is 6.74. The second-order valence-electron chi connectivity index (χ2n) is 4.92. The number of anilines is 2. The standard InChI is InChI=1S/C14H22F3N3O/c1-3-4-10(5-6-21)9-19-13-8-11(14(15,16)17)7-12(18-2)20-13/h7-8,10,21H,3-6,9H2,1-2H3,(H2,18,19,20).